The molecule has 7 heteroatoms. The molecule has 25 heavy (non-hydrogen) atoms. The van der Waals surface area contributed by atoms with Crippen LogP contribution in [0.25, 0.3) is 0 Å². The molecule has 5 nitrogen and oxygen atoms in total. The highest BCUT2D eigenvalue weighted by Crippen LogP contribution is 2.36. The zero-order valence-electron chi connectivity index (χ0n) is 14.3. The average molecular weight is 366 g/mol. The van der Waals surface area contributed by atoms with Gasteiger partial charge in [0.25, 0.3) is 5.91 Å². The van der Waals surface area contributed by atoms with E-state index in [4.69, 9.17) is 21.9 Å². The van der Waals surface area contributed by atoms with E-state index in [9.17, 15) is 9.18 Å². The summed E-state index contributed by atoms with van der Waals surface area (Å²) >= 11 is 6.00. The van der Waals surface area contributed by atoms with E-state index in [0.29, 0.717) is 19.0 Å². The zero-order chi connectivity index (χ0) is 18.1. The van der Waals surface area contributed by atoms with Gasteiger partial charge in [-0.15, -0.1) is 0 Å². The molecule has 1 aromatic carbocycles. The number of halogens is 2. The van der Waals surface area contributed by atoms with Gasteiger partial charge in [0.15, 0.2) is 0 Å². The van der Waals surface area contributed by atoms with Crippen LogP contribution in [0.4, 0.5) is 10.3 Å². The summed E-state index contributed by atoms with van der Waals surface area (Å²) in [6.07, 6.45) is 1.45. The Labute approximate surface area is 150 Å². The first kappa shape index (κ1) is 17.7. The molecular weight excluding hydrogens is 345 g/mol. The SMILES string of the molecule is CC(C)c1c(C2CCN(C(=O)c3c(F)cccc3Cl)CC2)noc1N. The molecule has 1 aliphatic heterocycles. The van der Waals surface area contributed by atoms with Crippen molar-refractivity contribution in [1.82, 2.24) is 10.1 Å². The number of likely N-dealkylation sites (tertiary alicyclic amines) is 1. The van der Waals surface area contributed by atoms with Crippen LogP contribution < -0.4 is 5.73 Å². The summed E-state index contributed by atoms with van der Waals surface area (Å²) in [6.45, 7) is 5.12. The van der Waals surface area contributed by atoms with Crippen LogP contribution in [0.15, 0.2) is 22.7 Å². The number of nitrogens with two attached hydrogens (primary N) is 1. The van der Waals surface area contributed by atoms with Gasteiger partial charge in [0.05, 0.1) is 16.3 Å². The number of carbonyl (C=O) groups is 1. The predicted octanol–water partition coefficient (Wildman–Crippen LogP) is 4.19. The first-order valence-electron chi connectivity index (χ1n) is 8.38. The third-order valence-corrected chi connectivity index (χ3v) is 5.02. The van der Waals surface area contributed by atoms with E-state index in [-0.39, 0.29) is 28.3 Å². The molecule has 134 valence electrons. The summed E-state index contributed by atoms with van der Waals surface area (Å²) < 4.78 is 19.1. The Morgan fingerprint density at radius 3 is 2.68 bits per heavy atom. The molecule has 0 bridgehead atoms. The second-order valence-corrected chi connectivity index (χ2v) is 7.07. The molecule has 1 saturated heterocycles. The zero-order valence-corrected chi connectivity index (χ0v) is 15.0. The number of amides is 1. The molecule has 2 heterocycles. The third-order valence-electron chi connectivity index (χ3n) is 4.71. The number of nitrogens with zero attached hydrogens (tertiary/aromatic N) is 2. The Morgan fingerprint density at radius 2 is 2.08 bits per heavy atom. The fourth-order valence-corrected chi connectivity index (χ4v) is 3.66. The maximum Gasteiger partial charge on any atom is 0.258 e. The normalized spacial score (nSPS) is 15.8. The fraction of sp³-hybridized carbons (Fsp3) is 0.444. The van der Waals surface area contributed by atoms with E-state index in [1.54, 1.807) is 4.90 Å². The van der Waals surface area contributed by atoms with Gasteiger partial charge < -0.3 is 15.2 Å². The lowest BCUT2D eigenvalue weighted by Crippen LogP contribution is -2.38. The summed E-state index contributed by atoms with van der Waals surface area (Å²) in [7, 11) is 0. The minimum atomic E-state index is -0.592. The minimum absolute atomic E-state index is 0.0591. The Hall–Kier alpha value is -2.08. The Kier molecular flexibility index (Phi) is 4.99. The van der Waals surface area contributed by atoms with E-state index < -0.39 is 5.82 Å². The molecule has 1 amide bonds. The minimum Gasteiger partial charge on any atom is -0.367 e. The summed E-state index contributed by atoms with van der Waals surface area (Å²) in [5, 5.41) is 4.27. The first-order chi connectivity index (χ1) is 11.9. The van der Waals surface area contributed by atoms with Gasteiger partial charge in [0.1, 0.15) is 5.82 Å². The highest BCUT2D eigenvalue weighted by Gasteiger charge is 2.31. The molecule has 0 unspecified atom stereocenters. The molecule has 0 saturated carbocycles. The van der Waals surface area contributed by atoms with Crippen molar-refractivity contribution in [2.75, 3.05) is 18.8 Å². The Bertz CT molecular complexity index is 762. The van der Waals surface area contributed by atoms with Gasteiger partial charge in [-0.25, -0.2) is 4.39 Å². The predicted molar refractivity (Wildman–Crippen MR) is 94.3 cm³/mol. The number of hydrogen-bond acceptors (Lipinski definition) is 4. The third kappa shape index (κ3) is 3.35. The van der Waals surface area contributed by atoms with Crippen molar-refractivity contribution in [3.63, 3.8) is 0 Å². The molecule has 3 rings (SSSR count). The quantitative estimate of drug-likeness (QED) is 0.885. The molecule has 1 aliphatic rings. The van der Waals surface area contributed by atoms with E-state index in [1.165, 1.54) is 18.2 Å². The van der Waals surface area contributed by atoms with Gasteiger partial charge >= 0.3 is 0 Å². The smallest absolute Gasteiger partial charge is 0.258 e. The van der Waals surface area contributed by atoms with Crippen LogP contribution >= 0.6 is 11.6 Å². The first-order valence-corrected chi connectivity index (χ1v) is 8.76. The Morgan fingerprint density at radius 1 is 1.40 bits per heavy atom. The number of anilines is 1. The van der Waals surface area contributed by atoms with Crippen LogP contribution in [-0.2, 0) is 0 Å². The van der Waals surface area contributed by atoms with Crippen LogP contribution in [0.2, 0.25) is 5.02 Å². The molecule has 0 aliphatic carbocycles. The summed E-state index contributed by atoms with van der Waals surface area (Å²) in [6, 6.07) is 4.26. The van der Waals surface area contributed by atoms with Crippen LogP contribution in [0.5, 0.6) is 0 Å². The van der Waals surface area contributed by atoms with Crippen molar-refractivity contribution in [2.45, 2.75) is 38.5 Å². The van der Waals surface area contributed by atoms with Crippen LogP contribution in [0.1, 0.15) is 60.1 Å². The molecule has 0 radical (unpaired) electrons. The number of aromatic nitrogens is 1. The maximum atomic E-state index is 14.0. The lowest BCUT2D eigenvalue weighted by atomic mass is 9.88. The largest absolute Gasteiger partial charge is 0.367 e. The molecule has 1 aromatic heterocycles. The number of rotatable bonds is 3. The Balaban J connectivity index is 1.73. The highest BCUT2D eigenvalue weighted by molar-refractivity contribution is 6.33. The van der Waals surface area contributed by atoms with Gasteiger partial charge in [0.2, 0.25) is 5.88 Å². The molecule has 0 atom stereocenters. The van der Waals surface area contributed by atoms with E-state index in [0.717, 1.165) is 24.1 Å². The van der Waals surface area contributed by atoms with Crippen molar-refractivity contribution < 1.29 is 13.7 Å². The number of piperidine rings is 1. The van der Waals surface area contributed by atoms with Crippen LogP contribution in [0, 0.1) is 5.82 Å². The monoisotopic (exact) mass is 365 g/mol. The number of hydrogen-bond donors (Lipinski definition) is 1. The second kappa shape index (κ2) is 7.04. The standard InChI is InChI=1S/C18H21ClFN3O2/c1-10(2)14-16(22-25-17(14)21)11-6-8-23(9-7-11)18(24)15-12(19)4-3-5-13(15)20/h3-5,10-11H,6-9,21H2,1-2H3. The van der Waals surface area contributed by atoms with E-state index in [2.05, 4.69) is 5.16 Å². The summed E-state index contributed by atoms with van der Waals surface area (Å²) in [5.74, 6) is -0.199. The fourth-order valence-electron chi connectivity index (χ4n) is 3.41. The van der Waals surface area contributed by atoms with Crippen molar-refractivity contribution in [3.05, 3.63) is 45.9 Å². The van der Waals surface area contributed by atoms with Gasteiger partial charge in [-0.3, -0.25) is 4.79 Å². The molecule has 2 N–H and O–H groups in total. The van der Waals surface area contributed by atoms with E-state index >= 15 is 0 Å². The lowest BCUT2D eigenvalue weighted by Gasteiger charge is -2.32. The van der Waals surface area contributed by atoms with Gasteiger partial charge in [0, 0.05) is 24.6 Å². The average Bonchev–Trinajstić information content (AvgIpc) is 2.96. The van der Waals surface area contributed by atoms with Crippen molar-refractivity contribution in [1.29, 1.82) is 0 Å². The highest BCUT2D eigenvalue weighted by atomic mass is 35.5. The molecule has 1 fully saturated rings. The van der Waals surface area contributed by atoms with Crippen LogP contribution in [0.3, 0.4) is 0 Å². The topological polar surface area (TPSA) is 72.4 Å². The van der Waals surface area contributed by atoms with Crippen molar-refractivity contribution >= 4 is 23.4 Å². The second-order valence-electron chi connectivity index (χ2n) is 6.66. The lowest BCUT2D eigenvalue weighted by molar-refractivity contribution is 0.0706. The van der Waals surface area contributed by atoms with E-state index in [1.807, 2.05) is 13.8 Å². The maximum absolute atomic E-state index is 14.0. The van der Waals surface area contributed by atoms with Crippen LogP contribution in [-0.4, -0.2) is 29.1 Å². The summed E-state index contributed by atoms with van der Waals surface area (Å²) in [4.78, 5) is 14.2. The van der Waals surface area contributed by atoms with Crippen molar-refractivity contribution in [3.8, 4) is 0 Å². The molecule has 2 aromatic rings. The van der Waals surface area contributed by atoms with Gasteiger partial charge in [-0.1, -0.05) is 36.7 Å². The van der Waals surface area contributed by atoms with Gasteiger partial charge in [-0.05, 0) is 30.9 Å². The number of carbonyl (C=O) groups excluding carboxylic acids is 1. The van der Waals surface area contributed by atoms with Gasteiger partial charge in [-0.2, -0.15) is 0 Å². The molecule has 0 spiro atoms. The van der Waals surface area contributed by atoms with Crippen molar-refractivity contribution in [2.24, 2.45) is 0 Å². The summed E-state index contributed by atoms with van der Waals surface area (Å²) in [5.41, 5.74) is 7.65. The number of benzene rings is 1. The number of nitrogen functional groups attached to an aromatic ring is 1. The molecular formula is C18H21ClFN3O2.